The molecule has 1 atom stereocenters. The number of oxazole rings is 1. The van der Waals surface area contributed by atoms with Crippen molar-refractivity contribution in [2.45, 2.75) is 25.3 Å². The van der Waals surface area contributed by atoms with Crippen LogP contribution in [0.3, 0.4) is 0 Å². The average Bonchev–Trinajstić information content (AvgIpc) is 3.02. The molecule has 0 aromatic carbocycles. The summed E-state index contributed by atoms with van der Waals surface area (Å²) in [6.07, 6.45) is 12.5. The first kappa shape index (κ1) is 13.7. The number of aromatic nitrogens is 4. The van der Waals surface area contributed by atoms with E-state index in [1.807, 2.05) is 29.3 Å². The van der Waals surface area contributed by atoms with Crippen molar-refractivity contribution in [2.24, 2.45) is 5.92 Å². The highest BCUT2D eigenvalue weighted by molar-refractivity contribution is 9.10. The fraction of sp³-hybridized carbons (Fsp3) is 0.312. The number of hydrogen-bond donors (Lipinski definition) is 0. The predicted molar refractivity (Wildman–Crippen MR) is 85.1 cm³/mol. The SMILES string of the molecule is Brc1ccc(C(CC2CC2)n2cc(-c3cnco3)cn2)nc1. The van der Waals surface area contributed by atoms with Gasteiger partial charge in [-0.2, -0.15) is 5.10 Å². The molecule has 0 N–H and O–H groups in total. The Morgan fingerprint density at radius 3 is 2.86 bits per heavy atom. The molecule has 1 fully saturated rings. The van der Waals surface area contributed by atoms with Crippen LogP contribution >= 0.6 is 15.9 Å². The number of nitrogens with zero attached hydrogens (tertiary/aromatic N) is 4. The summed E-state index contributed by atoms with van der Waals surface area (Å²) in [6, 6.07) is 4.26. The Morgan fingerprint density at radius 2 is 2.18 bits per heavy atom. The zero-order valence-electron chi connectivity index (χ0n) is 11.9. The smallest absolute Gasteiger partial charge is 0.181 e. The second-order valence-electron chi connectivity index (χ2n) is 5.67. The molecule has 5 nitrogen and oxygen atoms in total. The minimum absolute atomic E-state index is 0.164. The maximum Gasteiger partial charge on any atom is 0.181 e. The summed E-state index contributed by atoms with van der Waals surface area (Å²) in [5.41, 5.74) is 1.98. The molecule has 0 bridgehead atoms. The lowest BCUT2D eigenvalue weighted by molar-refractivity contribution is 0.454. The molecule has 22 heavy (non-hydrogen) atoms. The molecule has 0 amide bonds. The van der Waals surface area contributed by atoms with E-state index >= 15 is 0 Å². The topological polar surface area (TPSA) is 56.7 Å². The zero-order chi connectivity index (χ0) is 14.9. The summed E-state index contributed by atoms with van der Waals surface area (Å²) in [6.45, 7) is 0. The molecular formula is C16H15BrN4O. The molecule has 1 aliphatic rings. The van der Waals surface area contributed by atoms with Crippen molar-refractivity contribution < 1.29 is 4.42 Å². The van der Waals surface area contributed by atoms with E-state index in [1.54, 1.807) is 6.20 Å². The Morgan fingerprint density at radius 1 is 1.27 bits per heavy atom. The quantitative estimate of drug-likeness (QED) is 0.689. The van der Waals surface area contributed by atoms with Gasteiger partial charge < -0.3 is 4.42 Å². The highest BCUT2D eigenvalue weighted by atomic mass is 79.9. The third-order valence-electron chi connectivity index (χ3n) is 3.98. The normalized spacial score (nSPS) is 15.9. The van der Waals surface area contributed by atoms with Gasteiger partial charge in [0, 0.05) is 16.9 Å². The minimum atomic E-state index is 0.164. The fourth-order valence-corrected chi connectivity index (χ4v) is 2.85. The Balaban J connectivity index is 1.66. The van der Waals surface area contributed by atoms with Crippen molar-refractivity contribution in [1.82, 2.24) is 19.7 Å². The van der Waals surface area contributed by atoms with E-state index in [0.717, 1.165) is 33.8 Å². The van der Waals surface area contributed by atoms with Crippen LogP contribution in [0.1, 0.15) is 31.0 Å². The van der Waals surface area contributed by atoms with Gasteiger partial charge in [0.05, 0.1) is 29.7 Å². The Hall–Kier alpha value is -1.95. The van der Waals surface area contributed by atoms with E-state index in [2.05, 4.69) is 37.1 Å². The van der Waals surface area contributed by atoms with Crippen LogP contribution in [0.5, 0.6) is 0 Å². The van der Waals surface area contributed by atoms with E-state index in [1.165, 1.54) is 19.2 Å². The molecule has 6 heteroatoms. The molecule has 3 heterocycles. The summed E-state index contributed by atoms with van der Waals surface area (Å²) in [5.74, 6) is 1.52. The first-order valence-electron chi connectivity index (χ1n) is 7.34. The summed E-state index contributed by atoms with van der Waals surface area (Å²) < 4.78 is 8.32. The van der Waals surface area contributed by atoms with Crippen LogP contribution < -0.4 is 0 Å². The molecule has 1 saturated carbocycles. The molecule has 3 aromatic heterocycles. The summed E-state index contributed by atoms with van der Waals surface area (Å²) >= 11 is 3.44. The molecule has 1 unspecified atom stereocenters. The van der Waals surface area contributed by atoms with Crippen LogP contribution in [-0.4, -0.2) is 19.7 Å². The van der Waals surface area contributed by atoms with E-state index in [9.17, 15) is 0 Å². The van der Waals surface area contributed by atoms with Crippen molar-refractivity contribution >= 4 is 15.9 Å². The van der Waals surface area contributed by atoms with Gasteiger partial charge in [0.15, 0.2) is 12.2 Å². The van der Waals surface area contributed by atoms with Crippen LogP contribution in [0.25, 0.3) is 11.3 Å². The first-order valence-corrected chi connectivity index (χ1v) is 8.13. The zero-order valence-corrected chi connectivity index (χ0v) is 13.5. The molecule has 3 aromatic rings. The van der Waals surface area contributed by atoms with E-state index in [-0.39, 0.29) is 6.04 Å². The molecule has 0 saturated heterocycles. The van der Waals surface area contributed by atoms with Crippen LogP contribution in [0, 0.1) is 5.92 Å². The van der Waals surface area contributed by atoms with E-state index in [4.69, 9.17) is 4.42 Å². The number of pyridine rings is 1. The Kier molecular flexibility index (Phi) is 3.54. The number of rotatable bonds is 5. The maximum atomic E-state index is 5.34. The highest BCUT2D eigenvalue weighted by Crippen LogP contribution is 2.39. The molecule has 0 radical (unpaired) electrons. The molecule has 0 aliphatic heterocycles. The fourth-order valence-electron chi connectivity index (χ4n) is 2.61. The van der Waals surface area contributed by atoms with Gasteiger partial charge in [0.1, 0.15) is 0 Å². The van der Waals surface area contributed by atoms with Crippen molar-refractivity contribution in [1.29, 1.82) is 0 Å². The number of halogens is 1. The van der Waals surface area contributed by atoms with Crippen molar-refractivity contribution in [2.75, 3.05) is 0 Å². The Labute approximate surface area is 136 Å². The third-order valence-corrected chi connectivity index (χ3v) is 4.45. The van der Waals surface area contributed by atoms with Gasteiger partial charge in [-0.1, -0.05) is 12.8 Å². The maximum absolute atomic E-state index is 5.34. The summed E-state index contributed by atoms with van der Waals surface area (Å²) in [7, 11) is 0. The second kappa shape index (κ2) is 5.68. The van der Waals surface area contributed by atoms with Crippen LogP contribution in [0.2, 0.25) is 0 Å². The summed E-state index contributed by atoms with van der Waals surface area (Å²) in [5, 5.41) is 4.53. The molecule has 1 aliphatic carbocycles. The van der Waals surface area contributed by atoms with Gasteiger partial charge in [0.25, 0.3) is 0 Å². The number of hydrogen-bond acceptors (Lipinski definition) is 4. The van der Waals surface area contributed by atoms with Gasteiger partial charge in [-0.15, -0.1) is 0 Å². The summed E-state index contributed by atoms with van der Waals surface area (Å²) in [4.78, 5) is 8.52. The van der Waals surface area contributed by atoms with E-state index < -0.39 is 0 Å². The Bertz CT molecular complexity index is 747. The van der Waals surface area contributed by atoms with E-state index in [0.29, 0.717) is 0 Å². The largest absolute Gasteiger partial charge is 0.443 e. The van der Waals surface area contributed by atoms with Gasteiger partial charge >= 0.3 is 0 Å². The average molecular weight is 359 g/mol. The minimum Gasteiger partial charge on any atom is -0.443 e. The third kappa shape index (κ3) is 2.83. The predicted octanol–water partition coefficient (Wildman–Crippen LogP) is 4.09. The van der Waals surface area contributed by atoms with Crippen LogP contribution in [0.15, 0.2) is 52.2 Å². The van der Waals surface area contributed by atoms with Gasteiger partial charge in [-0.3, -0.25) is 9.67 Å². The lowest BCUT2D eigenvalue weighted by Crippen LogP contribution is -2.13. The van der Waals surface area contributed by atoms with Gasteiger partial charge in [-0.05, 0) is 40.4 Å². The van der Waals surface area contributed by atoms with Crippen molar-refractivity contribution in [3.05, 3.63) is 53.5 Å². The van der Waals surface area contributed by atoms with Crippen molar-refractivity contribution in [3.63, 3.8) is 0 Å². The molecule has 0 spiro atoms. The monoisotopic (exact) mass is 358 g/mol. The second-order valence-corrected chi connectivity index (χ2v) is 6.59. The molecule has 4 rings (SSSR count). The van der Waals surface area contributed by atoms with Gasteiger partial charge in [-0.25, -0.2) is 4.98 Å². The molecule has 112 valence electrons. The van der Waals surface area contributed by atoms with Crippen LogP contribution in [0.4, 0.5) is 0 Å². The first-order chi connectivity index (χ1) is 10.8. The van der Waals surface area contributed by atoms with Crippen molar-refractivity contribution in [3.8, 4) is 11.3 Å². The van der Waals surface area contributed by atoms with Gasteiger partial charge in [0.2, 0.25) is 0 Å². The van der Waals surface area contributed by atoms with Crippen LogP contribution in [-0.2, 0) is 0 Å². The lowest BCUT2D eigenvalue weighted by Gasteiger charge is -2.17. The highest BCUT2D eigenvalue weighted by Gasteiger charge is 2.28. The standard InChI is InChI=1S/C16H15BrN4O/c17-13-3-4-14(19-7-13)15(5-11-1-2-11)21-9-12(6-20-21)16-8-18-10-22-16/h3-4,6-11,15H,1-2,5H2. The molecular weight excluding hydrogens is 344 g/mol. The lowest BCUT2D eigenvalue weighted by atomic mass is 10.1.